The van der Waals surface area contributed by atoms with Gasteiger partial charge in [0.1, 0.15) is 0 Å². The van der Waals surface area contributed by atoms with E-state index < -0.39 is 0 Å². The summed E-state index contributed by atoms with van der Waals surface area (Å²) in [6, 6.07) is 7.55. The average molecular weight is 247 g/mol. The summed E-state index contributed by atoms with van der Waals surface area (Å²) in [6.45, 7) is 12.3. The predicted octanol–water partition coefficient (Wildman–Crippen LogP) is 4.51. The molecule has 0 amide bonds. The molecule has 102 valence electrons. The molecule has 0 radical (unpaired) electrons. The molecule has 1 rings (SSSR count). The normalized spacial score (nSPS) is 13.0. The largest absolute Gasteiger partial charge is 0.310 e. The lowest BCUT2D eigenvalue weighted by Crippen LogP contribution is -2.22. The SMILES string of the molecule is CCNC(CC(C)C)c1ccc(CC)c(CC)c1. The van der Waals surface area contributed by atoms with Crippen LogP contribution in [0.5, 0.6) is 0 Å². The van der Waals surface area contributed by atoms with E-state index in [9.17, 15) is 0 Å². The number of nitrogens with one attached hydrogen (secondary N) is 1. The van der Waals surface area contributed by atoms with Crippen molar-refractivity contribution in [1.29, 1.82) is 0 Å². The smallest absolute Gasteiger partial charge is 0.0322 e. The second-order valence-electron chi connectivity index (χ2n) is 5.48. The molecule has 1 aromatic carbocycles. The van der Waals surface area contributed by atoms with Crippen molar-refractivity contribution in [1.82, 2.24) is 5.32 Å². The van der Waals surface area contributed by atoms with E-state index in [1.165, 1.54) is 23.1 Å². The maximum absolute atomic E-state index is 3.62. The van der Waals surface area contributed by atoms with Gasteiger partial charge in [-0.3, -0.25) is 0 Å². The van der Waals surface area contributed by atoms with E-state index >= 15 is 0 Å². The molecule has 0 bridgehead atoms. The maximum atomic E-state index is 3.62. The first-order valence-electron chi connectivity index (χ1n) is 7.47. The molecule has 0 heterocycles. The molecule has 0 aliphatic rings. The minimum absolute atomic E-state index is 0.506. The van der Waals surface area contributed by atoms with Gasteiger partial charge in [-0.25, -0.2) is 0 Å². The Morgan fingerprint density at radius 2 is 1.67 bits per heavy atom. The number of hydrogen-bond acceptors (Lipinski definition) is 1. The van der Waals surface area contributed by atoms with Gasteiger partial charge in [-0.1, -0.05) is 52.8 Å². The van der Waals surface area contributed by atoms with Crippen LogP contribution in [0.15, 0.2) is 18.2 Å². The van der Waals surface area contributed by atoms with Gasteiger partial charge < -0.3 is 5.32 Å². The van der Waals surface area contributed by atoms with Crippen LogP contribution in [-0.4, -0.2) is 6.54 Å². The summed E-state index contributed by atoms with van der Waals surface area (Å²) in [5, 5.41) is 3.62. The van der Waals surface area contributed by atoms with Crippen LogP contribution >= 0.6 is 0 Å². The van der Waals surface area contributed by atoms with Gasteiger partial charge in [0.25, 0.3) is 0 Å². The Morgan fingerprint density at radius 3 is 2.17 bits per heavy atom. The van der Waals surface area contributed by atoms with Crippen LogP contribution in [0, 0.1) is 5.92 Å². The molecule has 0 aliphatic heterocycles. The van der Waals surface area contributed by atoms with Crippen LogP contribution in [0.25, 0.3) is 0 Å². The van der Waals surface area contributed by atoms with Crippen LogP contribution in [0.4, 0.5) is 0 Å². The Hall–Kier alpha value is -0.820. The van der Waals surface area contributed by atoms with Crippen molar-refractivity contribution >= 4 is 0 Å². The second-order valence-corrected chi connectivity index (χ2v) is 5.48. The summed E-state index contributed by atoms with van der Waals surface area (Å²) >= 11 is 0. The molecular weight excluding hydrogens is 218 g/mol. The fraction of sp³-hybridized carbons (Fsp3) is 0.647. The molecule has 0 spiro atoms. The lowest BCUT2D eigenvalue weighted by atomic mass is 9.92. The van der Waals surface area contributed by atoms with Gasteiger partial charge in [-0.15, -0.1) is 0 Å². The lowest BCUT2D eigenvalue weighted by molar-refractivity contribution is 0.438. The van der Waals surface area contributed by atoms with Crippen molar-refractivity contribution in [3.63, 3.8) is 0 Å². The Labute approximate surface area is 113 Å². The molecule has 0 saturated heterocycles. The zero-order valence-electron chi connectivity index (χ0n) is 12.7. The van der Waals surface area contributed by atoms with E-state index in [0.29, 0.717) is 6.04 Å². The quantitative estimate of drug-likeness (QED) is 0.747. The molecule has 0 aromatic heterocycles. The van der Waals surface area contributed by atoms with Gasteiger partial charge in [0.15, 0.2) is 0 Å². The molecule has 1 unspecified atom stereocenters. The second kappa shape index (κ2) is 7.58. The fourth-order valence-electron chi connectivity index (χ4n) is 2.59. The van der Waals surface area contributed by atoms with Crippen molar-refractivity contribution < 1.29 is 0 Å². The number of hydrogen-bond donors (Lipinski definition) is 1. The van der Waals surface area contributed by atoms with E-state index in [1.807, 2.05) is 0 Å². The summed E-state index contributed by atoms with van der Waals surface area (Å²) < 4.78 is 0. The van der Waals surface area contributed by atoms with E-state index in [-0.39, 0.29) is 0 Å². The Balaban J connectivity index is 2.97. The molecular formula is C17H29N. The lowest BCUT2D eigenvalue weighted by Gasteiger charge is -2.22. The number of benzene rings is 1. The van der Waals surface area contributed by atoms with Crippen molar-refractivity contribution in [2.45, 2.75) is 59.9 Å². The Morgan fingerprint density at radius 1 is 1.00 bits per heavy atom. The Bertz CT molecular complexity index is 355. The van der Waals surface area contributed by atoms with E-state index in [2.05, 4.69) is 58.1 Å². The van der Waals surface area contributed by atoms with Gasteiger partial charge in [-0.2, -0.15) is 0 Å². The van der Waals surface area contributed by atoms with Crippen LogP contribution in [0.1, 0.15) is 63.8 Å². The van der Waals surface area contributed by atoms with Gasteiger partial charge in [0.2, 0.25) is 0 Å². The Kier molecular flexibility index (Phi) is 6.42. The fourth-order valence-corrected chi connectivity index (χ4v) is 2.59. The van der Waals surface area contributed by atoms with Crippen molar-refractivity contribution in [3.05, 3.63) is 34.9 Å². The van der Waals surface area contributed by atoms with Crippen molar-refractivity contribution in [2.24, 2.45) is 5.92 Å². The third kappa shape index (κ3) is 4.13. The third-order valence-electron chi connectivity index (χ3n) is 3.55. The monoisotopic (exact) mass is 247 g/mol. The third-order valence-corrected chi connectivity index (χ3v) is 3.55. The zero-order valence-corrected chi connectivity index (χ0v) is 12.7. The summed E-state index contributed by atoms with van der Waals surface area (Å²) in [7, 11) is 0. The minimum atomic E-state index is 0.506. The van der Waals surface area contributed by atoms with Crippen LogP contribution in [-0.2, 0) is 12.8 Å². The van der Waals surface area contributed by atoms with E-state index in [4.69, 9.17) is 0 Å². The van der Waals surface area contributed by atoms with Crippen LogP contribution in [0.2, 0.25) is 0 Å². The first-order chi connectivity index (χ1) is 8.62. The van der Waals surface area contributed by atoms with Gasteiger partial charge in [-0.05, 0) is 48.4 Å². The predicted molar refractivity (Wildman–Crippen MR) is 81.1 cm³/mol. The number of rotatable bonds is 7. The molecule has 1 nitrogen and oxygen atoms in total. The van der Waals surface area contributed by atoms with E-state index in [0.717, 1.165) is 25.3 Å². The molecule has 1 N–H and O–H groups in total. The first kappa shape index (κ1) is 15.2. The highest BCUT2D eigenvalue weighted by Gasteiger charge is 2.13. The molecule has 1 atom stereocenters. The molecule has 0 saturated carbocycles. The first-order valence-corrected chi connectivity index (χ1v) is 7.47. The zero-order chi connectivity index (χ0) is 13.5. The molecule has 0 fully saturated rings. The van der Waals surface area contributed by atoms with Crippen LogP contribution in [0.3, 0.4) is 0 Å². The standard InChI is InChI=1S/C17H29N/c1-6-14-9-10-16(12-15(14)7-2)17(18-8-3)11-13(4)5/h9-10,12-13,17-18H,6-8,11H2,1-5H3. The average Bonchev–Trinajstić information content (AvgIpc) is 2.37. The molecule has 1 heteroatoms. The number of aryl methyl sites for hydroxylation is 2. The van der Waals surface area contributed by atoms with Gasteiger partial charge in [0, 0.05) is 6.04 Å². The molecule has 0 aliphatic carbocycles. The highest BCUT2D eigenvalue weighted by atomic mass is 14.9. The molecule has 18 heavy (non-hydrogen) atoms. The summed E-state index contributed by atoms with van der Waals surface area (Å²) in [5.41, 5.74) is 4.47. The summed E-state index contributed by atoms with van der Waals surface area (Å²) in [5.74, 6) is 0.727. The maximum Gasteiger partial charge on any atom is 0.0322 e. The molecule has 1 aromatic rings. The summed E-state index contributed by atoms with van der Waals surface area (Å²) in [4.78, 5) is 0. The summed E-state index contributed by atoms with van der Waals surface area (Å²) in [6.07, 6.45) is 3.49. The topological polar surface area (TPSA) is 12.0 Å². The van der Waals surface area contributed by atoms with Crippen LogP contribution < -0.4 is 5.32 Å². The van der Waals surface area contributed by atoms with Crippen molar-refractivity contribution in [3.8, 4) is 0 Å². The minimum Gasteiger partial charge on any atom is -0.310 e. The van der Waals surface area contributed by atoms with Gasteiger partial charge >= 0.3 is 0 Å². The van der Waals surface area contributed by atoms with Crippen molar-refractivity contribution in [2.75, 3.05) is 6.54 Å². The van der Waals surface area contributed by atoms with Gasteiger partial charge in [0.05, 0.1) is 0 Å². The van der Waals surface area contributed by atoms with E-state index in [1.54, 1.807) is 0 Å². The highest BCUT2D eigenvalue weighted by Crippen LogP contribution is 2.24. The highest BCUT2D eigenvalue weighted by molar-refractivity contribution is 5.33.